The van der Waals surface area contributed by atoms with Gasteiger partial charge in [0.25, 0.3) is 11.8 Å². The largest absolute Gasteiger partial charge is 0.349 e. The summed E-state index contributed by atoms with van der Waals surface area (Å²) in [6.07, 6.45) is 3.54. The molecule has 0 saturated carbocycles. The molecule has 1 aliphatic heterocycles. The highest BCUT2D eigenvalue weighted by Gasteiger charge is 2.27. The average Bonchev–Trinajstić information content (AvgIpc) is 3.08. The predicted molar refractivity (Wildman–Crippen MR) is 111 cm³/mol. The highest BCUT2D eigenvalue weighted by molar-refractivity contribution is 6.05. The number of ketones is 1. The van der Waals surface area contributed by atoms with Crippen molar-refractivity contribution < 1.29 is 14.4 Å². The minimum absolute atomic E-state index is 0.0285. The maximum absolute atomic E-state index is 12.9. The summed E-state index contributed by atoms with van der Waals surface area (Å²) in [4.78, 5) is 41.3. The van der Waals surface area contributed by atoms with Crippen LogP contribution in [0.5, 0.6) is 0 Å². The van der Waals surface area contributed by atoms with Gasteiger partial charge in [0.1, 0.15) is 0 Å². The molecule has 1 aromatic carbocycles. The fraction of sp³-hybridized carbons (Fsp3) is 0.455. The van der Waals surface area contributed by atoms with E-state index < -0.39 is 0 Å². The van der Waals surface area contributed by atoms with E-state index in [2.05, 4.69) is 29.5 Å². The highest BCUT2D eigenvalue weighted by atomic mass is 16.2. The Bertz CT molecular complexity index is 913. The zero-order valence-corrected chi connectivity index (χ0v) is 17.2. The van der Waals surface area contributed by atoms with Crippen molar-refractivity contribution in [3.8, 4) is 0 Å². The van der Waals surface area contributed by atoms with Crippen molar-refractivity contribution in [2.75, 3.05) is 11.9 Å². The second-order valence-electron chi connectivity index (χ2n) is 7.87. The zero-order valence-electron chi connectivity index (χ0n) is 17.2. The first-order chi connectivity index (χ1) is 13.9. The van der Waals surface area contributed by atoms with E-state index in [9.17, 15) is 14.4 Å². The van der Waals surface area contributed by atoms with Crippen molar-refractivity contribution in [1.29, 1.82) is 0 Å². The van der Waals surface area contributed by atoms with Crippen LogP contribution >= 0.6 is 0 Å². The summed E-state index contributed by atoms with van der Waals surface area (Å²) in [6.45, 7) is 6.99. The van der Waals surface area contributed by atoms with E-state index in [1.54, 1.807) is 24.3 Å². The molecule has 7 nitrogen and oxygen atoms in total. The molecule has 0 radical (unpaired) electrons. The molecule has 29 heavy (non-hydrogen) atoms. The van der Waals surface area contributed by atoms with Crippen LogP contribution in [-0.2, 0) is 13.0 Å². The Balaban J connectivity index is 1.79. The summed E-state index contributed by atoms with van der Waals surface area (Å²) in [7, 11) is 0. The minimum Gasteiger partial charge on any atom is -0.349 e. The van der Waals surface area contributed by atoms with Gasteiger partial charge in [-0.3, -0.25) is 14.4 Å². The molecule has 0 unspecified atom stereocenters. The van der Waals surface area contributed by atoms with Crippen molar-refractivity contribution in [1.82, 2.24) is 14.9 Å². The molecule has 1 aliphatic rings. The van der Waals surface area contributed by atoms with Crippen LogP contribution in [0.4, 0.5) is 5.69 Å². The normalized spacial score (nSPS) is 13.1. The molecule has 2 amide bonds. The van der Waals surface area contributed by atoms with Crippen molar-refractivity contribution >= 4 is 23.3 Å². The SMILES string of the molecule is CC(=O)c1ccc(NC(=O)c2nc(C(=O)NCCC(C)C)n3c2CCCC3)cc1. The first kappa shape index (κ1) is 20.8. The van der Waals surface area contributed by atoms with Gasteiger partial charge in [-0.2, -0.15) is 0 Å². The fourth-order valence-electron chi connectivity index (χ4n) is 3.43. The quantitative estimate of drug-likeness (QED) is 0.701. The molecule has 1 aromatic heterocycles. The first-order valence-corrected chi connectivity index (χ1v) is 10.2. The van der Waals surface area contributed by atoms with E-state index in [4.69, 9.17) is 0 Å². The number of anilines is 1. The molecule has 0 aliphatic carbocycles. The Labute approximate surface area is 170 Å². The summed E-state index contributed by atoms with van der Waals surface area (Å²) >= 11 is 0. The van der Waals surface area contributed by atoms with Crippen LogP contribution in [-0.4, -0.2) is 33.7 Å². The number of Topliss-reactive ketones (excluding diaryl/α,β-unsaturated/α-hetero) is 1. The summed E-state index contributed by atoms with van der Waals surface area (Å²) in [5, 5.41) is 5.74. The number of fused-ring (bicyclic) bond motifs is 1. The summed E-state index contributed by atoms with van der Waals surface area (Å²) in [5.74, 6) is 0.200. The molecule has 154 valence electrons. The Morgan fingerprint density at radius 2 is 1.83 bits per heavy atom. The number of hydrogen-bond acceptors (Lipinski definition) is 4. The number of carbonyl (C=O) groups is 3. The fourth-order valence-corrected chi connectivity index (χ4v) is 3.43. The Hall–Kier alpha value is -2.96. The van der Waals surface area contributed by atoms with Crippen LogP contribution in [0.25, 0.3) is 0 Å². The number of nitrogens with one attached hydrogen (secondary N) is 2. The summed E-state index contributed by atoms with van der Waals surface area (Å²) < 4.78 is 1.88. The third-order valence-electron chi connectivity index (χ3n) is 5.09. The van der Waals surface area contributed by atoms with Gasteiger partial charge in [0, 0.05) is 24.3 Å². The van der Waals surface area contributed by atoms with Crippen LogP contribution in [0.2, 0.25) is 0 Å². The van der Waals surface area contributed by atoms with Gasteiger partial charge in [0.2, 0.25) is 0 Å². The molecule has 0 saturated heterocycles. The van der Waals surface area contributed by atoms with Crippen LogP contribution in [0.3, 0.4) is 0 Å². The molecule has 3 rings (SSSR count). The number of rotatable bonds is 7. The number of carbonyl (C=O) groups excluding carboxylic acids is 3. The number of aromatic nitrogens is 2. The molecule has 7 heteroatoms. The van der Waals surface area contributed by atoms with Crippen LogP contribution in [0.15, 0.2) is 24.3 Å². The number of benzene rings is 1. The lowest BCUT2D eigenvalue weighted by atomic mass is 10.1. The number of nitrogens with zero attached hydrogens (tertiary/aromatic N) is 2. The first-order valence-electron chi connectivity index (χ1n) is 10.2. The number of amides is 2. The van der Waals surface area contributed by atoms with Crippen molar-refractivity contribution in [2.45, 2.75) is 53.0 Å². The van der Waals surface area contributed by atoms with Gasteiger partial charge in [-0.25, -0.2) is 4.98 Å². The van der Waals surface area contributed by atoms with Gasteiger partial charge in [-0.05, 0) is 62.8 Å². The van der Waals surface area contributed by atoms with Gasteiger partial charge in [-0.1, -0.05) is 13.8 Å². The van der Waals surface area contributed by atoms with Crippen molar-refractivity contribution in [3.63, 3.8) is 0 Å². The van der Waals surface area contributed by atoms with E-state index in [-0.39, 0.29) is 17.6 Å². The summed E-state index contributed by atoms with van der Waals surface area (Å²) in [6, 6.07) is 6.73. The molecule has 2 aromatic rings. The van der Waals surface area contributed by atoms with Gasteiger partial charge in [0.05, 0.1) is 5.69 Å². The zero-order chi connectivity index (χ0) is 21.0. The highest BCUT2D eigenvalue weighted by Crippen LogP contribution is 2.22. The molecular weight excluding hydrogens is 368 g/mol. The van der Waals surface area contributed by atoms with E-state index in [0.717, 1.165) is 31.4 Å². The van der Waals surface area contributed by atoms with Crippen LogP contribution < -0.4 is 10.6 Å². The lowest BCUT2D eigenvalue weighted by molar-refractivity contribution is 0.0935. The lowest BCUT2D eigenvalue weighted by Gasteiger charge is -2.17. The van der Waals surface area contributed by atoms with Gasteiger partial charge >= 0.3 is 0 Å². The molecule has 0 atom stereocenters. The predicted octanol–water partition coefficient (Wildman–Crippen LogP) is 3.45. The third-order valence-corrected chi connectivity index (χ3v) is 5.09. The Kier molecular flexibility index (Phi) is 6.46. The number of hydrogen-bond donors (Lipinski definition) is 2. The maximum atomic E-state index is 12.9. The smallest absolute Gasteiger partial charge is 0.287 e. The van der Waals surface area contributed by atoms with Crippen molar-refractivity contribution in [3.05, 3.63) is 47.0 Å². The topological polar surface area (TPSA) is 93.1 Å². The van der Waals surface area contributed by atoms with E-state index >= 15 is 0 Å². The Morgan fingerprint density at radius 1 is 1.10 bits per heavy atom. The van der Waals surface area contributed by atoms with E-state index in [1.165, 1.54) is 6.92 Å². The van der Waals surface area contributed by atoms with E-state index in [0.29, 0.717) is 41.8 Å². The van der Waals surface area contributed by atoms with Crippen LogP contribution in [0, 0.1) is 5.92 Å². The maximum Gasteiger partial charge on any atom is 0.287 e. The molecule has 2 heterocycles. The third kappa shape index (κ3) is 4.91. The van der Waals surface area contributed by atoms with Gasteiger partial charge in [-0.15, -0.1) is 0 Å². The molecular formula is C22H28N4O3. The monoisotopic (exact) mass is 396 g/mol. The van der Waals surface area contributed by atoms with Crippen LogP contribution in [0.1, 0.15) is 77.2 Å². The second-order valence-corrected chi connectivity index (χ2v) is 7.87. The molecule has 0 fully saturated rings. The summed E-state index contributed by atoms with van der Waals surface area (Å²) in [5.41, 5.74) is 2.28. The van der Waals surface area contributed by atoms with E-state index in [1.807, 2.05) is 4.57 Å². The average molecular weight is 396 g/mol. The standard InChI is InChI=1S/C22H28N4O3/c1-14(2)11-12-23-22(29)20-25-19(18-6-4-5-13-26(18)20)21(28)24-17-9-7-16(8-10-17)15(3)27/h7-10,14H,4-6,11-13H2,1-3H3,(H,23,29)(H,24,28). The molecule has 2 N–H and O–H groups in total. The number of imidazole rings is 1. The molecule has 0 spiro atoms. The Morgan fingerprint density at radius 3 is 2.48 bits per heavy atom. The second kappa shape index (κ2) is 9.03. The lowest BCUT2D eigenvalue weighted by Crippen LogP contribution is -2.29. The van der Waals surface area contributed by atoms with Gasteiger partial charge < -0.3 is 15.2 Å². The minimum atomic E-state index is -0.340. The molecule has 0 bridgehead atoms. The van der Waals surface area contributed by atoms with Gasteiger partial charge in [0.15, 0.2) is 17.3 Å². The van der Waals surface area contributed by atoms with Crippen molar-refractivity contribution in [2.24, 2.45) is 5.92 Å².